The first-order valence-corrected chi connectivity index (χ1v) is 4.01. The normalized spacial score (nSPS) is 9.55. The van der Waals surface area contributed by atoms with Crippen molar-refractivity contribution in [1.29, 1.82) is 0 Å². The van der Waals surface area contributed by atoms with Crippen molar-refractivity contribution in [3.63, 3.8) is 0 Å². The lowest BCUT2D eigenvalue weighted by molar-refractivity contribution is 0.0952. The fourth-order valence-electron chi connectivity index (χ4n) is 0.647. The molecule has 0 fully saturated rings. The van der Waals surface area contributed by atoms with E-state index in [0.717, 1.165) is 11.5 Å². The van der Waals surface area contributed by atoms with Gasteiger partial charge in [-0.3, -0.25) is 4.79 Å². The third kappa shape index (κ3) is 1.91. The second kappa shape index (κ2) is 3.34. The van der Waals surface area contributed by atoms with Crippen molar-refractivity contribution >= 4 is 22.4 Å². The van der Waals surface area contributed by atoms with E-state index in [1.807, 2.05) is 6.92 Å². The average Bonchev–Trinajstić information content (AvgIpc) is 2.36. The Balaban J connectivity index is 2.69. The van der Waals surface area contributed by atoms with Gasteiger partial charge in [0.05, 0.1) is 0 Å². The van der Waals surface area contributed by atoms with Crippen LogP contribution >= 0.6 is 11.5 Å². The van der Waals surface area contributed by atoms with Gasteiger partial charge in [-0.15, -0.1) is 0 Å². The largest absolute Gasteiger partial charge is 0.389 e. The van der Waals surface area contributed by atoms with E-state index in [1.54, 1.807) is 6.07 Å². The Bertz CT molecular complexity index is 258. The quantitative estimate of drug-likeness (QED) is 0.679. The molecule has 1 rings (SSSR count). The molecule has 3 N–H and O–H groups in total. The van der Waals surface area contributed by atoms with E-state index in [1.165, 1.54) is 0 Å². The van der Waals surface area contributed by atoms with Crippen LogP contribution < -0.4 is 11.1 Å². The molecule has 11 heavy (non-hydrogen) atoms. The Kier molecular flexibility index (Phi) is 2.43. The molecule has 1 aromatic heterocycles. The van der Waals surface area contributed by atoms with Crippen LogP contribution in [0.1, 0.15) is 17.4 Å². The zero-order chi connectivity index (χ0) is 8.27. The Labute approximate surface area is 68.6 Å². The highest BCUT2D eigenvalue weighted by Gasteiger charge is 2.06. The Morgan fingerprint density at radius 1 is 1.91 bits per heavy atom. The molecule has 0 unspecified atom stereocenters. The molecule has 0 radical (unpaired) electrons. The molecule has 0 aliphatic carbocycles. The number of nitrogens with two attached hydrogens (primary N) is 1. The molecule has 5 heteroatoms. The lowest BCUT2D eigenvalue weighted by Crippen LogP contribution is -2.22. The summed E-state index contributed by atoms with van der Waals surface area (Å²) in [5.41, 5.74) is 5.79. The molecule has 0 saturated carbocycles. The molecular weight excluding hydrogens is 162 g/mol. The second-order valence-corrected chi connectivity index (χ2v) is 2.81. The van der Waals surface area contributed by atoms with E-state index in [-0.39, 0.29) is 5.91 Å². The number of nitrogen functional groups attached to an aromatic ring is 1. The van der Waals surface area contributed by atoms with Crippen LogP contribution in [0.4, 0.5) is 5.00 Å². The van der Waals surface area contributed by atoms with E-state index >= 15 is 0 Å². The van der Waals surface area contributed by atoms with Crippen LogP contribution in [0.3, 0.4) is 0 Å². The van der Waals surface area contributed by atoms with Gasteiger partial charge in [0, 0.05) is 12.6 Å². The van der Waals surface area contributed by atoms with Gasteiger partial charge in [0.25, 0.3) is 5.91 Å². The fourth-order valence-corrected chi connectivity index (χ4v) is 1.15. The van der Waals surface area contributed by atoms with Crippen molar-refractivity contribution in [2.45, 2.75) is 6.92 Å². The predicted molar refractivity (Wildman–Crippen MR) is 44.5 cm³/mol. The second-order valence-electron chi connectivity index (χ2n) is 1.97. The van der Waals surface area contributed by atoms with E-state index in [2.05, 4.69) is 9.69 Å². The highest BCUT2D eigenvalue weighted by molar-refractivity contribution is 7.10. The number of nitrogens with one attached hydrogen (secondary N) is 1. The molecule has 1 heterocycles. The van der Waals surface area contributed by atoms with Crippen LogP contribution in [0.2, 0.25) is 0 Å². The third-order valence-electron chi connectivity index (χ3n) is 1.10. The van der Waals surface area contributed by atoms with E-state index < -0.39 is 0 Å². The standard InChI is InChI=1S/C6H9N3OS/c1-2-8-6(10)4-3-5(7)11-9-4/h3H,2,7H2,1H3,(H,8,10). The fraction of sp³-hybridized carbons (Fsp3) is 0.333. The minimum absolute atomic E-state index is 0.166. The summed E-state index contributed by atoms with van der Waals surface area (Å²) in [7, 11) is 0. The van der Waals surface area contributed by atoms with Crippen LogP contribution in [0.5, 0.6) is 0 Å². The number of aromatic nitrogens is 1. The number of carbonyl (C=O) groups excluding carboxylic acids is 1. The van der Waals surface area contributed by atoms with Gasteiger partial charge in [0.2, 0.25) is 0 Å². The SMILES string of the molecule is CCNC(=O)c1cc(N)sn1. The molecule has 0 aliphatic rings. The maximum atomic E-state index is 11.0. The number of nitrogens with zero attached hydrogens (tertiary/aromatic N) is 1. The van der Waals surface area contributed by atoms with Crippen molar-refractivity contribution in [2.24, 2.45) is 0 Å². The molecule has 0 atom stereocenters. The smallest absolute Gasteiger partial charge is 0.271 e. The summed E-state index contributed by atoms with van der Waals surface area (Å²) in [6, 6.07) is 1.57. The molecular formula is C6H9N3OS. The van der Waals surface area contributed by atoms with E-state index in [0.29, 0.717) is 17.2 Å². The summed E-state index contributed by atoms with van der Waals surface area (Å²) in [6.07, 6.45) is 0. The van der Waals surface area contributed by atoms with Gasteiger partial charge in [-0.1, -0.05) is 0 Å². The van der Waals surface area contributed by atoms with E-state index in [9.17, 15) is 4.79 Å². The van der Waals surface area contributed by atoms with Crippen molar-refractivity contribution < 1.29 is 4.79 Å². The highest BCUT2D eigenvalue weighted by atomic mass is 32.1. The highest BCUT2D eigenvalue weighted by Crippen LogP contribution is 2.10. The van der Waals surface area contributed by atoms with Gasteiger partial charge in [-0.25, -0.2) is 0 Å². The minimum Gasteiger partial charge on any atom is -0.389 e. The summed E-state index contributed by atoms with van der Waals surface area (Å²) in [6.45, 7) is 2.46. The van der Waals surface area contributed by atoms with Gasteiger partial charge in [-0.05, 0) is 18.5 Å². The predicted octanol–water partition coefficient (Wildman–Crippen LogP) is 0.475. The minimum atomic E-state index is -0.166. The monoisotopic (exact) mass is 171 g/mol. The van der Waals surface area contributed by atoms with Gasteiger partial charge in [0.15, 0.2) is 0 Å². The van der Waals surface area contributed by atoms with Crippen LogP contribution in [-0.4, -0.2) is 16.8 Å². The number of carbonyl (C=O) groups is 1. The molecule has 1 amide bonds. The molecule has 0 aromatic carbocycles. The number of amides is 1. The summed E-state index contributed by atoms with van der Waals surface area (Å²) in [5, 5.41) is 3.19. The molecule has 0 aliphatic heterocycles. The summed E-state index contributed by atoms with van der Waals surface area (Å²) < 4.78 is 3.84. The first kappa shape index (κ1) is 8.00. The topological polar surface area (TPSA) is 68.0 Å². The van der Waals surface area contributed by atoms with Gasteiger partial charge >= 0.3 is 0 Å². The molecule has 1 aromatic rings. The summed E-state index contributed by atoms with van der Waals surface area (Å²) in [5.74, 6) is -0.166. The van der Waals surface area contributed by atoms with Gasteiger partial charge < -0.3 is 11.1 Å². The molecule has 0 bridgehead atoms. The summed E-state index contributed by atoms with van der Waals surface area (Å²) in [4.78, 5) is 11.0. The molecule has 4 nitrogen and oxygen atoms in total. The number of hydrogen-bond donors (Lipinski definition) is 2. The Hall–Kier alpha value is -1.10. The maximum Gasteiger partial charge on any atom is 0.271 e. The van der Waals surface area contributed by atoms with Gasteiger partial charge in [-0.2, -0.15) is 4.37 Å². The Morgan fingerprint density at radius 2 is 2.64 bits per heavy atom. The first-order chi connectivity index (χ1) is 5.24. The average molecular weight is 171 g/mol. The maximum absolute atomic E-state index is 11.0. The van der Waals surface area contributed by atoms with Crippen LogP contribution in [0, 0.1) is 0 Å². The van der Waals surface area contributed by atoms with E-state index in [4.69, 9.17) is 5.73 Å². The van der Waals surface area contributed by atoms with Crippen LogP contribution in [-0.2, 0) is 0 Å². The molecule has 0 saturated heterocycles. The summed E-state index contributed by atoms with van der Waals surface area (Å²) >= 11 is 1.13. The van der Waals surface area contributed by atoms with Crippen molar-refractivity contribution in [3.8, 4) is 0 Å². The molecule has 60 valence electrons. The zero-order valence-corrected chi connectivity index (χ0v) is 6.94. The number of rotatable bonds is 2. The Morgan fingerprint density at radius 3 is 3.09 bits per heavy atom. The number of anilines is 1. The lowest BCUT2D eigenvalue weighted by Gasteiger charge is -1.94. The molecule has 0 spiro atoms. The zero-order valence-electron chi connectivity index (χ0n) is 6.13. The van der Waals surface area contributed by atoms with Gasteiger partial charge in [0.1, 0.15) is 10.7 Å². The first-order valence-electron chi connectivity index (χ1n) is 3.24. The van der Waals surface area contributed by atoms with Crippen molar-refractivity contribution in [1.82, 2.24) is 9.69 Å². The third-order valence-corrected chi connectivity index (χ3v) is 1.72. The van der Waals surface area contributed by atoms with Crippen molar-refractivity contribution in [2.75, 3.05) is 12.3 Å². The van der Waals surface area contributed by atoms with Crippen molar-refractivity contribution in [3.05, 3.63) is 11.8 Å². The van der Waals surface area contributed by atoms with Crippen LogP contribution in [0.15, 0.2) is 6.07 Å². The lowest BCUT2D eigenvalue weighted by atomic mass is 10.4. The number of hydrogen-bond acceptors (Lipinski definition) is 4. The van der Waals surface area contributed by atoms with Crippen LogP contribution in [0.25, 0.3) is 0 Å².